The Morgan fingerprint density at radius 2 is 2.26 bits per heavy atom. The lowest BCUT2D eigenvalue weighted by Crippen LogP contribution is -2.41. The molecule has 0 bridgehead atoms. The maximum Gasteiger partial charge on any atom is 0.174 e. The minimum atomic E-state index is -1.29. The Bertz CT molecular complexity index is 416. The van der Waals surface area contributed by atoms with Gasteiger partial charge in [-0.05, 0) is 12.2 Å². The summed E-state index contributed by atoms with van der Waals surface area (Å²) in [5.41, 5.74) is 1.13. The molecule has 2 N–H and O–H groups in total. The number of nitrogens with one attached hydrogen (secondary N) is 2. The molecule has 0 aromatic heterocycles. The zero-order valence-corrected chi connectivity index (χ0v) is 11.6. The van der Waals surface area contributed by atoms with E-state index in [1.807, 2.05) is 0 Å². The van der Waals surface area contributed by atoms with E-state index in [4.69, 9.17) is 26.4 Å². The maximum absolute atomic E-state index is 14.4. The Morgan fingerprint density at radius 3 is 2.84 bits per heavy atom. The number of methoxy groups -OCH3 is 2. The Balaban J connectivity index is 2.17. The summed E-state index contributed by atoms with van der Waals surface area (Å²) in [6, 6.07) is 0. The summed E-state index contributed by atoms with van der Waals surface area (Å²) in [5.74, 6) is 0. The van der Waals surface area contributed by atoms with Crippen LogP contribution >= 0.6 is 12.2 Å². The second kappa shape index (κ2) is 5.96. The van der Waals surface area contributed by atoms with Crippen LogP contribution in [0.25, 0.3) is 0 Å². The van der Waals surface area contributed by atoms with Crippen molar-refractivity contribution in [3.8, 4) is 0 Å². The molecule has 106 valence electrons. The highest BCUT2D eigenvalue weighted by molar-refractivity contribution is 7.80. The van der Waals surface area contributed by atoms with Crippen molar-refractivity contribution in [2.45, 2.75) is 24.5 Å². The second-order valence-corrected chi connectivity index (χ2v) is 4.78. The minimum absolute atomic E-state index is 0.272. The summed E-state index contributed by atoms with van der Waals surface area (Å²) >= 11 is 4.94. The fraction of sp³-hybridized carbons (Fsp3) is 0.583. The van der Waals surface area contributed by atoms with Crippen LogP contribution < -0.4 is 10.6 Å². The molecule has 4 atom stereocenters. The first-order valence-corrected chi connectivity index (χ1v) is 6.27. The number of ether oxygens (including phenoxy) is 3. The topological polar surface area (TPSA) is 51.8 Å². The molecule has 1 saturated heterocycles. The van der Waals surface area contributed by atoms with Crippen molar-refractivity contribution in [1.82, 2.24) is 10.6 Å². The first kappa shape index (κ1) is 14.4. The Labute approximate surface area is 116 Å². The van der Waals surface area contributed by atoms with Gasteiger partial charge in [0.2, 0.25) is 0 Å². The van der Waals surface area contributed by atoms with Crippen LogP contribution in [0.5, 0.6) is 0 Å². The molecule has 0 aromatic rings. The quantitative estimate of drug-likeness (QED) is 0.740. The maximum atomic E-state index is 14.4. The Morgan fingerprint density at radius 1 is 1.53 bits per heavy atom. The summed E-state index contributed by atoms with van der Waals surface area (Å²) in [6.07, 6.45) is -1.53. The van der Waals surface area contributed by atoms with Crippen LogP contribution in [-0.2, 0) is 14.2 Å². The van der Waals surface area contributed by atoms with E-state index in [1.165, 1.54) is 14.2 Å². The van der Waals surface area contributed by atoms with Crippen molar-refractivity contribution >= 4 is 17.3 Å². The third-order valence-electron chi connectivity index (χ3n) is 3.17. The van der Waals surface area contributed by atoms with Gasteiger partial charge in [-0.15, -0.1) is 0 Å². The van der Waals surface area contributed by atoms with E-state index in [1.54, 1.807) is 6.20 Å². The fourth-order valence-corrected chi connectivity index (χ4v) is 2.45. The lowest BCUT2D eigenvalue weighted by molar-refractivity contribution is -0.0393. The monoisotopic (exact) mass is 288 g/mol. The molecule has 2 rings (SSSR count). The second-order valence-electron chi connectivity index (χ2n) is 4.37. The number of thiocarbonyl (C=S) groups is 1. The summed E-state index contributed by atoms with van der Waals surface area (Å²) in [4.78, 5) is 0. The smallest absolute Gasteiger partial charge is 0.174 e. The van der Waals surface area contributed by atoms with E-state index >= 15 is 0 Å². The van der Waals surface area contributed by atoms with Crippen LogP contribution in [0.4, 0.5) is 4.39 Å². The van der Waals surface area contributed by atoms with E-state index in [2.05, 4.69) is 17.2 Å². The third kappa shape index (κ3) is 2.79. The van der Waals surface area contributed by atoms with Crippen molar-refractivity contribution < 1.29 is 18.6 Å². The van der Waals surface area contributed by atoms with Crippen molar-refractivity contribution in [2.24, 2.45) is 0 Å². The molecule has 2 aliphatic heterocycles. The first-order chi connectivity index (χ1) is 9.08. The minimum Gasteiger partial charge on any atom is -0.382 e. The standard InChI is InChI=1S/C12H17FN2O3S/c1-6-7(4-14-12(19)15-6)10-9(13)11(17-3)8(18-10)5-16-2/h4,8-11H,1,5H2,2-3H3,(H2,14,15,19)/t8-,9-,10+,11?/m1/s1. The highest BCUT2D eigenvalue weighted by Crippen LogP contribution is 2.33. The molecule has 0 saturated carbocycles. The van der Waals surface area contributed by atoms with Crippen molar-refractivity contribution in [2.75, 3.05) is 20.8 Å². The van der Waals surface area contributed by atoms with Gasteiger partial charge in [-0.25, -0.2) is 4.39 Å². The largest absolute Gasteiger partial charge is 0.382 e. The number of rotatable bonds is 4. The van der Waals surface area contributed by atoms with Crippen LogP contribution in [0.15, 0.2) is 24.0 Å². The van der Waals surface area contributed by atoms with Gasteiger partial charge in [-0.3, -0.25) is 0 Å². The first-order valence-electron chi connectivity index (χ1n) is 5.86. The van der Waals surface area contributed by atoms with Gasteiger partial charge in [0.05, 0.1) is 6.61 Å². The predicted octanol–water partition coefficient (Wildman–Crippen LogP) is 0.629. The molecule has 0 aliphatic carbocycles. The van der Waals surface area contributed by atoms with E-state index in [9.17, 15) is 4.39 Å². The highest BCUT2D eigenvalue weighted by atomic mass is 32.1. The van der Waals surface area contributed by atoms with Gasteiger partial charge in [-0.2, -0.15) is 0 Å². The van der Waals surface area contributed by atoms with Crippen LogP contribution in [-0.4, -0.2) is 50.4 Å². The number of hydrogen-bond acceptors (Lipinski definition) is 4. The SMILES string of the molecule is C=C1NC(=S)NC=C1[C@@H]1O[C@H](COC)C(OC)[C@@H]1F. The van der Waals surface area contributed by atoms with Crippen molar-refractivity contribution in [3.63, 3.8) is 0 Å². The van der Waals surface area contributed by atoms with Crippen LogP contribution in [0.1, 0.15) is 0 Å². The van der Waals surface area contributed by atoms with Crippen LogP contribution in [0.2, 0.25) is 0 Å². The lowest BCUT2D eigenvalue weighted by atomic mass is 10.0. The zero-order chi connectivity index (χ0) is 14.0. The normalized spacial score (nSPS) is 34.8. The molecular formula is C12H17FN2O3S. The van der Waals surface area contributed by atoms with Gasteiger partial charge in [0.25, 0.3) is 0 Å². The summed E-state index contributed by atoms with van der Waals surface area (Å²) in [6.45, 7) is 4.09. The summed E-state index contributed by atoms with van der Waals surface area (Å²) in [7, 11) is 3.00. The number of halogens is 1. The van der Waals surface area contributed by atoms with Crippen LogP contribution in [0.3, 0.4) is 0 Å². The molecule has 2 aliphatic rings. The highest BCUT2D eigenvalue weighted by Gasteiger charge is 2.47. The zero-order valence-electron chi connectivity index (χ0n) is 10.8. The van der Waals surface area contributed by atoms with Gasteiger partial charge in [0.15, 0.2) is 11.3 Å². The Kier molecular flexibility index (Phi) is 4.51. The molecule has 0 spiro atoms. The van der Waals surface area contributed by atoms with Crippen LogP contribution in [0, 0.1) is 0 Å². The van der Waals surface area contributed by atoms with Gasteiger partial charge in [-0.1, -0.05) is 6.58 Å². The van der Waals surface area contributed by atoms with E-state index in [0.717, 1.165) is 0 Å². The van der Waals surface area contributed by atoms with E-state index < -0.39 is 24.5 Å². The lowest BCUT2D eigenvalue weighted by Gasteiger charge is -2.24. The molecule has 5 nitrogen and oxygen atoms in total. The fourth-order valence-electron chi connectivity index (χ4n) is 2.27. The van der Waals surface area contributed by atoms with E-state index in [-0.39, 0.29) is 6.61 Å². The van der Waals surface area contributed by atoms with Crippen molar-refractivity contribution in [1.29, 1.82) is 0 Å². The molecule has 1 unspecified atom stereocenters. The van der Waals surface area contributed by atoms with Gasteiger partial charge >= 0.3 is 0 Å². The summed E-state index contributed by atoms with van der Waals surface area (Å²) < 4.78 is 30.3. The average Bonchev–Trinajstić information content (AvgIpc) is 2.66. The summed E-state index contributed by atoms with van der Waals surface area (Å²) in [5, 5.41) is 6.09. The van der Waals surface area contributed by atoms with Gasteiger partial charge in [0, 0.05) is 31.7 Å². The average molecular weight is 288 g/mol. The van der Waals surface area contributed by atoms with Crippen molar-refractivity contribution in [3.05, 3.63) is 24.0 Å². The molecule has 0 amide bonds. The predicted molar refractivity (Wildman–Crippen MR) is 72.3 cm³/mol. The number of hydrogen-bond donors (Lipinski definition) is 2. The van der Waals surface area contributed by atoms with Gasteiger partial charge in [0.1, 0.15) is 18.3 Å². The third-order valence-corrected chi connectivity index (χ3v) is 3.39. The Hall–Kier alpha value is -1.02. The molecule has 19 heavy (non-hydrogen) atoms. The molecular weight excluding hydrogens is 271 g/mol. The molecule has 0 aromatic carbocycles. The van der Waals surface area contributed by atoms with Gasteiger partial charge < -0.3 is 24.8 Å². The molecule has 2 heterocycles. The number of alkyl halides is 1. The molecule has 1 fully saturated rings. The molecule has 7 heteroatoms. The van der Waals surface area contributed by atoms with E-state index in [0.29, 0.717) is 16.4 Å². The molecule has 0 radical (unpaired) electrons.